The van der Waals surface area contributed by atoms with Crippen LogP contribution in [-0.2, 0) is 20.9 Å². The molecule has 8 nitrogen and oxygen atoms in total. The molecule has 1 fully saturated rings. The molecule has 0 atom stereocenters. The molecule has 1 aromatic heterocycles. The Hall–Kier alpha value is -5.05. The number of amides is 5. The van der Waals surface area contributed by atoms with Crippen LogP contribution in [0.4, 0.5) is 20.6 Å². The summed E-state index contributed by atoms with van der Waals surface area (Å²) in [6, 6.07) is 20.2. The van der Waals surface area contributed by atoms with Gasteiger partial charge in [-0.1, -0.05) is 36.4 Å². The zero-order valence-electron chi connectivity index (χ0n) is 18.8. The molecular formula is C27H19FN4O4. The second-order valence-electron chi connectivity index (χ2n) is 8.08. The summed E-state index contributed by atoms with van der Waals surface area (Å²) in [5.41, 5.74) is 1.76. The highest BCUT2D eigenvalue weighted by molar-refractivity contribution is 6.39. The van der Waals surface area contributed by atoms with Crippen molar-refractivity contribution in [3.63, 3.8) is 0 Å². The Morgan fingerprint density at radius 3 is 2.36 bits per heavy atom. The number of fused-ring (bicyclic) bond motifs is 1. The van der Waals surface area contributed by atoms with E-state index in [4.69, 9.17) is 0 Å². The summed E-state index contributed by atoms with van der Waals surface area (Å²) in [6.45, 7) is -0.00108. The van der Waals surface area contributed by atoms with E-state index in [2.05, 4.69) is 10.6 Å². The van der Waals surface area contributed by atoms with Crippen LogP contribution in [0.3, 0.4) is 0 Å². The smallest absolute Gasteiger partial charge is 0.335 e. The summed E-state index contributed by atoms with van der Waals surface area (Å²) in [5.74, 6) is -2.46. The van der Waals surface area contributed by atoms with Crippen molar-refractivity contribution in [2.24, 2.45) is 0 Å². The Bertz CT molecular complexity index is 1540. The van der Waals surface area contributed by atoms with E-state index < -0.39 is 23.7 Å². The first-order valence-electron chi connectivity index (χ1n) is 11.0. The van der Waals surface area contributed by atoms with Gasteiger partial charge in [0.25, 0.3) is 11.8 Å². The molecular weight excluding hydrogens is 463 g/mol. The van der Waals surface area contributed by atoms with Crippen LogP contribution in [0.25, 0.3) is 17.0 Å². The molecule has 0 spiro atoms. The van der Waals surface area contributed by atoms with Gasteiger partial charge in [0.1, 0.15) is 17.9 Å². The van der Waals surface area contributed by atoms with E-state index in [0.29, 0.717) is 16.6 Å². The van der Waals surface area contributed by atoms with Gasteiger partial charge in [-0.3, -0.25) is 19.7 Å². The highest BCUT2D eigenvalue weighted by atomic mass is 19.1. The number of rotatable bonds is 5. The van der Waals surface area contributed by atoms with Gasteiger partial charge in [0, 0.05) is 28.4 Å². The van der Waals surface area contributed by atoms with Crippen LogP contribution in [0.5, 0.6) is 0 Å². The number of benzene rings is 3. The van der Waals surface area contributed by atoms with E-state index in [1.165, 1.54) is 18.2 Å². The summed E-state index contributed by atoms with van der Waals surface area (Å²) in [7, 11) is 0. The first-order chi connectivity index (χ1) is 17.4. The van der Waals surface area contributed by atoms with Crippen molar-refractivity contribution >= 4 is 52.1 Å². The van der Waals surface area contributed by atoms with Crippen LogP contribution in [0, 0.1) is 5.82 Å². The molecule has 2 N–H and O–H groups in total. The van der Waals surface area contributed by atoms with Crippen molar-refractivity contribution in [2.75, 3.05) is 10.2 Å². The third kappa shape index (κ3) is 4.37. The Morgan fingerprint density at radius 1 is 0.917 bits per heavy atom. The normalized spacial score (nSPS) is 14.9. The average molecular weight is 482 g/mol. The van der Waals surface area contributed by atoms with Crippen LogP contribution in [-0.4, -0.2) is 28.3 Å². The van der Waals surface area contributed by atoms with E-state index in [1.54, 1.807) is 35.0 Å². The number of para-hydroxylation sites is 2. The average Bonchev–Trinajstić information content (AvgIpc) is 3.20. The lowest BCUT2D eigenvalue weighted by molar-refractivity contribution is -0.122. The number of imide groups is 2. The lowest BCUT2D eigenvalue weighted by Gasteiger charge is -2.26. The van der Waals surface area contributed by atoms with Crippen LogP contribution in [0.2, 0.25) is 0 Å². The molecule has 36 heavy (non-hydrogen) atoms. The highest BCUT2D eigenvalue weighted by Crippen LogP contribution is 2.27. The van der Waals surface area contributed by atoms with E-state index in [1.807, 2.05) is 30.3 Å². The molecule has 4 aromatic rings. The minimum atomic E-state index is -0.922. The maximum Gasteiger partial charge on any atom is 0.335 e. The number of aromatic nitrogens is 1. The first kappa shape index (κ1) is 22.7. The maximum absolute atomic E-state index is 13.3. The molecule has 0 bridgehead atoms. The first-order valence-corrected chi connectivity index (χ1v) is 11.0. The number of nitrogens with one attached hydrogen (secondary N) is 2. The lowest BCUT2D eigenvalue weighted by Crippen LogP contribution is -2.54. The van der Waals surface area contributed by atoms with E-state index >= 15 is 0 Å². The van der Waals surface area contributed by atoms with E-state index in [-0.39, 0.29) is 23.7 Å². The van der Waals surface area contributed by atoms with Gasteiger partial charge in [-0.25, -0.2) is 14.1 Å². The van der Waals surface area contributed by atoms with Crippen molar-refractivity contribution in [3.8, 4) is 0 Å². The van der Waals surface area contributed by atoms with Crippen molar-refractivity contribution in [3.05, 3.63) is 102 Å². The van der Waals surface area contributed by atoms with Crippen molar-refractivity contribution in [1.82, 2.24) is 9.88 Å². The number of nitrogens with zero attached hydrogens (tertiary/aromatic N) is 2. The van der Waals surface area contributed by atoms with Gasteiger partial charge in [-0.2, -0.15) is 0 Å². The molecule has 178 valence electrons. The third-order valence-electron chi connectivity index (χ3n) is 5.68. The van der Waals surface area contributed by atoms with Crippen LogP contribution in [0.15, 0.2) is 90.6 Å². The van der Waals surface area contributed by atoms with Crippen LogP contribution < -0.4 is 15.5 Å². The number of barbiturate groups is 1. The molecule has 9 heteroatoms. The van der Waals surface area contributed by atoms with Gasteiger partial charge in [0.2, 0.25) is 5.91 Å². The number of halogens is 1. The summed E-state index contributed by atoms with van der Waals surface area (Å²) < 4.78 is 15.1. The monoisotopic (exact) mass is 482 g/mol. The summed E-state index contributed by atoms with van der Waals surface area (Å²) in [4.78, 5) is 51.6. The van der Waals surface area contributed by atoms with Gasteiger partial charge >= 0.3 is 6.03 Å². The number of anilines is 2. The molecule has 0 aliphatic carbocycles. The van der Waals surface area contributed by atoms with Crippen LogP contribution in [0.1, 0.15) is 5.56 Å². The number of urea groups is 1. The summed E-state index contributed by atoms with van der Waals surface area (Å²) in [6.07, 6.45) is 3.05. The van der Waals surface area contributed by atoms with Crippen molar-refractivity contribution < 1.29 is 23.6 Å². The predicted molar refractivity (Wildman–Crippen MR) is 132 cm³/mol. The molecule has 5 amide bonds. The third-order valence-corrected chi connectivity index (χ3v) is 5.68. The Kier molecular flexibility index (Phi) is 5.87. The Balaban J connectivity index is 1.49. The molecule has 1 aliphatic heterocycles. The molecule has 1 aliphatic rings. The predicted octanol–water partition coefficient (Wildman–Crippen LogP) is 4.09. The van der Waals surface area contributed by atoms with Gasteiger partial charge in [-0.05, 0) is 48.5 Å². The quantitative estimate of drug-likeness (QED) is 0.331. The Morgan fingerprint density at radius 2 is 1.61 bits per heavy atom. The molecule has 0 saturated carbocycles. The fourth-order valence-corrected chi connectivity index (χ4v) is 4.04. The number of carbonyl (C=O) groups is 4. The largest absolute Gasteiger partial charge is 0.337 e. The minimum absolute atomic E-state index is 0.00108. The molecule has 0 radical (unpaired) electrons. The molecule has 5 rings (SSSR count). The van der Waals surface area contributed by atoms with E-state index in [9.17, 15) is 23.6 Å². The number of hydrogen-bond acceptors (Lipinski definition) is 4. The van der Waals surface area contributed by atoms with Crippen molar-refractivity contribution in [1.29, 1.82) is 0 Å². The molecule has 2 heterocycles. The second-order valence-corrected chi connectivity index (χ2v) is 8.08. The number of hydrogen-bond donors (Lipinski definition) is 2. The second kappa shape index (κ2) is 9.30. The maximum atomic E-state index is 13.3. The fourth-order valence-electron chi connectivity index (χ4n) is 4.04. The highest BCUT2D eigenvalue weighted by Gasteiger charge is 2.37. The zero-order valence-corrected chi connectivity index (χ0v) is 18.8. The minimum Gasteiger partial charge on any atom is -0.337 e. The zero-order chi connectivity index (χ0) is 25.2. The standard InChI is InChI=1S/C27H19FN4O4/c28-18-10-12-20(13-11-18)32-26(35)22(25(34)30-27(32)36)14-17-15-31(23-9-5-4-8-21(17)23)16-24(33)29-19-6-2-1-3-7-19/h1-15H,16H2,(H,29,33)(H,30,34,36). The Labute approximate surface area is 204 Å². The van der Waals surface area contributed by atoms with Gasteiger partial charge in [-0.15, -0.1) is 0 Å². The fraction of sp³-hybridized carbons (Fsp3) is 0.0370. The van der Waals surface area contributed by atoms with Gasteiger partial charge < -0.3 is 9.88 Å². The van der Waals surface area contributed by atoms with Crippen LogP contribution >= 0.6 is 0 Å². The molecule has 1 saturated heterocycles. The molecule has 0 unspecified atom stereocenters. The lowest BCUT2D eigenvalue weighted by atomic mass is 10.1. The van der Waals surface area contributed by atoms with Gasteiger partial charge in [0.05, 0.1) is 5.69 Å². The summed E-state index contributed by atoms with van der Waals surface area (Å²) >= 11 is 0. The van der Waals surface area contributed by atoms with Gasteiger partial charge in [0.15, 0.2) is 0 Å². The van der Waals surface area contributed by atoms with Crippen molar-refractivity contribution in [2.45, 2.75) is 6.54 Å². The summed E-state index contributed by atoms with van der Waals surface area (Å²) in [5, 5.41) is 5.69. The SMILES string of the molecule is O=C(Cn1cc(C=C2C(=O)NC(=O)N(c3ccc(F)cc3)C2=O)c2ccccc21)Nc1ccccc1. The topological polar surface area (TPSA) is 101 Å². The van der Waals surface area contributed by atoms with E-state index in [0.717, 1.165) is 22.5 Å². The number of carbonyl (C=O) groups excluding carboxylic acids is 4. The molecule has 3 aromatic carbocycles.